The van der Waals surface area contributed by atoms with Crippen molar-refractivity contribution in [3.8, 4) is 11.5 Å². The van der Waals surface area contributed by atoms with Crippen molar-refractivity contribution in [1.29, 1.82) is 0 Å². The Labute approximate surface area is 108 Å². The fourth-order valence-electron chi connectivity index (χ4n) is 2.58. The van der Waals surface area contributed by atoms with Gasteiger partial charge in [-0.25, -0.2) is 0 Å². The van der Waals surface area contributed by atoms with Crippen LogP contribution in [0.3, 0.4) is 0 Å². The van der Waals surface area contributed by atoms with Crippen molar-refractivity contribution in [2.24, 2.45) is 5.73 Å². The SMILES string of the molecule is COc1ccc(C2(CN)CCOCC2)c(OC)c1. The van der Waals surface area contributed by atoms with Crippen molar-refractivity contribution < 1.29 is 14.2 Å². The first kappa shape index (κ1) is 13.2. The van der Waals surface area contributed by atoms with Gasteiger partial charge in [0, 0.05) is 36.8 Å². The number of rotatable bonds is 4. The molecule has 0 saturated carbocycles. The lowest BCUT2D eigenvalue weighted by molar-refractivity contribution is 0.0521. The van der Waals surface area contributed by atoms with Gasteiger partial charge in [0.25, 0.3) is 0 Å². The zero-order valence-corrected chi connectivity index (χ0v) is 11.1. The second-order valence-corrected chi connectivity index (χ2v) is 4.66. The van der Waals surface area contributed by atoms with Crippen molar-refractivity contribution in [1.82, 2.24) is 0 Å². The summed E-state index contributed by atoms with van der Waals surface area (Å²) in [5.41, 5.74) is 7.15. The molecule has 0 bridgehead atoms. The van der Waals surface area contributed by atoms with E-state index in [1.165, 1.54) is 0 Å². The summed E-state index contributed by atoms with van der Waals surface area (Å²) < 4.78 is 16.2. The average Bonchev–Trinajstić information content (AvgIpc) is 2.47. The molecule has 1 aliphatic heterocycles. The summed E-state index contributed by atoms with van der Waals surface area (Å²) in [5, 5.41) is 0. The standard InChI is InChI=1S/C14H21NO3/c1-16-11-3-4-12(13(9-11)17-2)14(10-15)5-7-18-8-6-14/h3-4,9H,5-8,10,15H2,1-2H3. The van der Waals surface area contributed by atoms with E-state index in [0.717, 1.165) is 43.1 Å². The zero-order chi connectivity index (χ0) is 13.0. The molecule has 1 heterocycles. The van der Waals surface area contributed by atoms with Crippen LogP contribution < -0.4 is 15.2 Å². The topological polar surface area (TPSA) is 53.7 Å². The predicted molar refractivity (Wildman–Crippen MR) is 70.3 cm³/mol. The molecule has 1 aromatic carbocycles. The minimum atomic E-state index is -0.0319. The summed E-state index contributed by atoms with van der Waals surface area (Å²) in [7, 11) is 3.34. The Kier molecular flexibility index (Phi) is 4.09. The third-order valence-electron chi connectivity index (χ3n) is 3.82. The van der Waals surface area contributed by atoms with Gasteiger partial charge in [0.2, 0.25) is 0 Å². The molecular formula is C14H21NO3. The quantitative estimate of drug-likeness (QED) is 0.885. The highest BCUT2D eigenvalue weighted by Crippen LogP contribution is 2.40. The smallest absolute Gasteiger partial charge is 0.126 e. The Bertz CT molecular complexity index is 400. The van der Waals surface area contributed by atoms with Crippen LogP contribution in [0.1, 0.15) is 18.4 Å². The van der Waals surface area contributed by atoms with Gasteiger partial charge >= 0.3 is 0 Å². The minimum absolute atomic E-state index is 0.0319. The number of hydrogen-bond acceptors (Lipinski definition) is 4. The van der Waals surface area contributed by atoms with Crippen LogP contribution in [0, 0.1) is 0 Å². The van der Waals surface area contributed by atoms with Crippen LogP contribution in [0.4, 0.5) is 0 Å². The molecule has 2 N–H and O–H groups in total. The molecule has 18 heavy (non-hydrogen) atoms. The van der Waals surface area contributed by atoms with Crippen LogP contribution in [0.5, 0.6) is 11.5 Å². The molecule has 1 aromatic rings. The van der Waals surface area contributed by atoms with Crippen molar-refractivity contribution >= 4 is 0 Å². The van der Waals surface area contributed by atoms with E-state index in [4.69, 9.17) is 19.9 Å². The highest BCUT2D eigenvalue weighted by atomic mass is 16.5. The average molecular weight is 251 g/mol. The predicted octanol–water partition coefficient (Wildman–Crippen LogP) is 1.71. The third-order valence-corrected chi connectivity index (χ3v) is 3.82. The molecule has 1 aliphatic rings. The molecule has 0 spiro atoms. The van der Waals surface area contributed by atoms with Crippen molar-refractivity contribution in [3.05, 3.63) is 23.8 Å². The molecule has 100 valence electrons. The molecule has 0 amide bonds. The van der Waals surface area contributed by atoms with Gasteiger partial charge in [0.05, 0.1) is 14.2 Å². The van der Waals surface area contributed by atoms with E-state index in [1.54, 1.807) is 14.2 Å². The van der Waals surface area contributed by atoms with Crippen LogP contribution in [-0.2, 0) is 10.2 Å². The normalized spacial score (nSPS) is 18.4. The van der Waals surface area contributed by atoms with Gasteiger partial charge in [0.1, 0.15) is 11.5 Å². The van der Waals surface area contributed by atoms with Crippen LogP contribution in [0.25, 0.3) is 0 Å². The largest absolute Gasteiger partial charge is 0.497 e. The molecule has 0 radical (unpaired) electrons. The Morgan fingerprint density at radius 3 is 2.50 bits per heavy atom. The summed E-state index contributed by atoms with van der Waals surface area (Å²) in [6, 6.07) is 5.95. The number of ether oxygens (including phenoxy) is 3. The Morgan fingerprint density at radius 2 is 1.94 bits per heavy atom. The summed E-state index contributed by atoms with van der Waals surface area (Å²) in [6.07, 6.45) is 1.87. The Hall–Kier alpha value is -1.26. The van der Waals surface area contributed by atoms with Gasteiger partial charge in [-0.15, -0.1) is 0 Å². The van der Waals surface area contributed by atoms with Crippen LogP contribution in [0.2, 0.25) is 0 Å². The van der Waals surface area contributed by atoms with Crippen molar-refractivity contribution in [2.45, 2.75) is 18.3 Å². The van der Waals surface area contributed by atoms with Crippen LogP contribution in [0.15, 0.2) is 18.2 Å². The fraction of sp³-hybridized carbons (Fsp3) is 0.571. The molecule has 0 aromatic heterocycles. The van der Waals surface area contributed by atoms with Gasteiger partial charge in [-0.05, 0) is 18.9 Å². The molecule has 1 fully saturated rings. The fourth-order valence-corrected chi connectivity index (χ4v) is 2.58. The van der Waals surface area contributed by atoms with E-state index < -0.39 is 0 Å². The highest BCUT2D eigenvalue weighted by molar-refractivity contribution is 5.45. The van der Waals surface area contributed by atoms with E-state index in [2.05, 4.69) is 6.07 Å². The van der Waals surface area contributed by atoms with E-state index in [9.17, 15) is 0 Å². The zero-order valence-electron chi connectivity index (χ0n) is 11.1. The Balaban J connectivity index is 2.40. The molecule has 0 atom stereocenters. The van der Waals surface area contributed by atoms with Gasteiger partial charge in [-0.3, -0.25) is 0 Å². The monoisotopic (exact) mass is 251 g/mol. The molecular weight excluding hydrogens is 230 g/mol. The lowest BCUT2D eigenvalue weighted by Crippen LogP contribution is -2.40. The number of benzene rings is 1. The maximum Gasteiger partial charge on any atom is 0.126 e. The second-order valence-electron chi connectivity index (χ2n) is 4.66. The summed E-state index contributed by atoms with van der Waals surface area (Å²) in [4.78, 5) is 0. The third kappa shape index (κ3) is 2.31. The summed E-state index contributed by atoms with van der Waals surface area (Å²) >= 11 is 0. The van der Waals surface area contributed by atoms with E-state index in [-0.39, 0.29) is 5.41 Å². The van der Waals surface area contributed by atoms with E-state index in [1.807, 2.05) is 12.1 Å². The molecule has 1 saturated heterocycles. The molecule has 0 unspecified atom stereocenters. The molecule has 4 nitrogen and oxygen atoms in total. The van der Waals surface area contributed by atoms with Gasteiger partial charge in [-0.1, -0.05) is 6.07 Å². The minimum Gasteiger partial charge on any atom is -0.497 e. The Morgan fingerprint density at radius 1 is 1.22 bits per heavy atom. The highest BCUT2D eigenvalue weighted by Gasteiger charge is 2.35. The first-order valence-corrected chi connectivity index (χ1v) is 6.26. The van der Waals surface area contributed by atoms with Crippen LogP contribution >= 0.6 is 0 Å². The second kappa shape index (κ2) is 5.59. The van der Waals surface area contributed by atoms with Gasteiger partial charge in [-0.2, -0.15) is 0 Å². The van der Waals surface area contributed by atoms with Gasteiger partial charge < -0.3 is 19.9 Å². The number of methoxy groups -OCH3 is 2. The summed E-state index contributed by atoms with van der Waals surface area (Å²) in [6.45, 7) is 2.12. The van der Waals surface area contributed by atoms with E-state index in [0.29, 0.717) is 6.54 Å². The molecule has 0 aliphatic carbocycles. The summed E-state index contributed by atoms with van der Waals surface area (Å²) in [5.74, 6) is 1.65. The lowest BCUT2D eigenvalue weighted by atomic mass is 9.74. The molecule has 2 rings (SSSR count). The maximum absolute atomic E-state index is 6.02. The maximum atomic E-state index is 6.02. The first-order chi connectivity index (χ1) is 8.75. The first-order valence-electron chi connectivity index (χ1n) is 6.26. The number of hydrogen-bond donors (Lipinski definition) is 1. The van der Waals surface area contributed by atoms with E-state index >= 15 is 0 Å². The molecule has 4 heteroatoms. The lowest BCUT2D eigenvalue weighted by Gasteiger charge is -2.37. The van der Waals surface area contributed by atoms with Gasteiger partial charge in [0.15, 0.2) is 0 Å². The van der Waals surface area contributed by atoms with Crippen LogP contribution in [-0.4, -0.2) is 34.0 Å². The van der Waals surface area contributed by atoms with Crippen molar-refractivity contribution in [3.63, 3.8) is 0 Å². The number of nitrogens with two attached hydrogens (primary N) is 1. The van der Waals surface area contributed by atoms with Crippen molar-refractivity contribution in [2.75, 3.05) is 34.0 Å².